The molecule has 0 spiro atoms. The highest BCUT2D eigenvalue weighted by molar-refractivity contribution is 5.33. The lowest BCUT2D eigenvalue weighted by Crippen LogP contribution is -2.32. The van der Waals surface area contributed by atoms with Crippen LogP contribution in [0.15, 0.2) is 24.3 Å². The van der Waals surface area contributed by atoms with Gasteiger partial charge in [0.2, 0.25) is 0 Å². The molecule has 1 saturated carbocycles. The van der Waals surface area contributed by atoms with Gasteiger partial charge >= 0.3 is 0 Å². The monoisotopic (exact) mass is 231 g/mol. The zero-order valence-corrected chi connectivity index (χ0v) is 11.4. The van der Waals surface area contributed by atoms with Crippen molar-refractivity contribution in [1.82, 2.24) is 5.32 Å². The Morgan fingerprint density at radius 1 is 1.24 bits per heavy atom. The molecule has 0 heterocycles. The molecule has 1 aromatic rings. The minimum Gasteiger partial charge on any atom is -0.310 e. The lowest BCUT2D eigenvalue weighted by atomic mass is 9.99. The largest absolute Gasteiger partial charge is 0.310 e. The van der Waals surface area contributed by atoms with Crippen molar-refractivity contribution in [3.05, 3.63) is 35.4 Å². The fraction of sp³-hybridized carbons (Fsp3) is 0.625. The fourth-order valence-electron chi connectivity index (χ4n) is 2.58. The Morgan fingerprint density at radius 3 is 2.53 bits per heavy atom. The predicted molar refractivity (Wildman–Crippen MR) is 74.2 cm³/mol. The van der Waals surface area contributed by atoms with Crippen molar-refractivity contribution in [3.63, 3.8) is 0 Å². The molecule has 1 heteroatoms. The summed E-state index contributed by atoms with van der Waals surface area (Å²) in [6.45, 7) is 7.90. The summed E-state index contributed by atoms with van der Waals surface area (Å²) in [5.74, 6) is 1.57. The zero-order valence-electron chi connectivity index (χ0n) is 11.4. The molecule has 17 heavy (non-hydrogen) atoms. The van der Waals surface area contributed by atoms with Crippen LogP contribution in [-0.2, 0) is 6.54 Å². The topological polar surface area (TPSA) is 12.0 Å². The first-order chi connectivity index (χ1) is 8.22. The van der Waals surface area contributed by atoms with Crippen LogP contribution in [0, 0.1) is 5.92 Å². The molecule has 1 unspecified atom stereocenters. The molecule has 0 radical (unpaired) electrons. The molecule has 1 aliphatic carbocycles. The predicted octanol–water partition coefficient (Wildman–Crippen LogP) is 4.09. The zero-order chi connectivity index (χ0) is 12.3. The van der Waals surface area contributed by atoms with Gasteiger partial charge < -0.3 is 5.32 Å². The maximum absolute atomic E-state index is 3.71. The summed E-state index contributed by atoms with van der Waals surface area (Å²) < 4.78 is 0. The van der Waals surface area contributed by atoms with Crippen molar-refractivity contribution in [1.29, 1.82) is 0 Å². The smallest absolute Gasteiger partial charge is 0.0211 e. The molecule has 1 N–H and O–H groups in total. The first-order valence-corrected chi connectivity index (χ1v) is 7.03. The van der Waals surface area contributed by atoms with Gasteiger partial charge in [-0.1, -0.05) is 45.0 Å². The summed E-state index contributed by atoms with van der Waals surface area (Å²) in [6, 6.07) is 9.58. The molecule has 0 aromatic heterocycles. The molecule has 1 nitrogen and oxygen atoms in total. The van der Waals surface area contributed by atoms with E-state index in [1.54, 1.807) is 5.56 Å². The third kappa shape index (κ3) is 3.32. The van der Waals surface area contributed by atoms with Gasteiger partial charge in [0.1, 0.15) is 0 Å². The van der Waals surface area contributed by atoms with Crippen LogP contribution in [0.1, 0.15) is 57.1 Å². The van der Waals surface area contributed by atoms with Crippen molar-refractivity contribution in [2.24, 2.45) is 5.92 Å². The normalized spacial score (nSPS) is 17.4. The van der Waals surface area contributed by atoms with Crippen LogP contribution in [0.4, 0.5) is 0 Å². The van der Waals surface area contributed by atoms with Crippen LogP contribution in [0.3, 0.4) is 0 Å². The number of benzene rings is 1. The quantitative estimate of drug-likeness (QED) is 0.777. The standard InChI is InChI=1S/C16H25N/c1-4-16(12(2)3)17-11-14-7-5-6-8-15(14)13-9-10-13/h5-8,12-13,16-17H,4,9-11H2,1-3H3. The van der Waals surface area contributed by atoms with Gasteiger partial charge in [0, 0.05) is 12.6 Å². The first-order valence-electron chi connectivity index (χ1n) is 7.03. The number of hydrogen-bond donors (Lipinski definition) is 1. The fourth-order valence-corrected chi connectivity index (χ4v) is 2.58. The number of nitrogens with one attached hydrogen (secondary N) is 1. The van der Waals surface area contributed by atoms with Crippen LogP contribution in [0.5, 0.6) is 0 Å². The van der Waals surface area contributed by atoms with Crippen molar-refractivity contribution >= 4 is 0 Å². The molecule has 1 fully saturated rings. The van der Waals surface area contributed by atoms with E-state index in [9.17, 15) is 0 Å². The minimum atomic E-state index is 0.641. The Labute approximate surface area is 106 Å². The molecule has 1 aromatic carbocycles. The Hall–Kier alpha value is -0.820. The van der Waals surface area contributed by atoms with Gasteiger partial charge in [0.25, 0.3) is 0 Å². The van der Waals surface area contributed by atoms with Crippen LogP contribution >= 0.6 is 0 Å². The van der Waals surface area contributed by atoms with Crippen LogP contribution in [0.2, 0.25) is 0 Å². The Morgan fingerprint density at radius 2 is 1.94 bits per heavy atom. The van der Waals surface area contributed by atoms with E-state index in [1.165, 1.54) is 24.8 Å². The Bertz CT molecular complexity index is 352. The Kier molecular flexibility index (Phi) is 4.22. The highest BCUT2D eigenvalue weighted by Gasteiger charge is 2.25. The third-order valence-corrected chi connectivity index (χ3v) is 3.87. The molecule has 2 rings (SSSR count). The second-order valence-electron chi connectivity index (χ2n) is 5.61. The van der Waals surface area contributed by atoms with E-state index in [4.69, 9.17) is 0 Å². The van der Waals surface area contributed by atoms with Gasteiger partial charge in [-0.3, -0.25) is 0 Å². The van der Waals surface area contributed by atoms with Crippen LogP contribution < -0.4 is 5.32 Å². The molecule has 0 aliphatic heterocycles. The van der Waals surface area contributed by atoms with Crippen molar-refractivity contribution in [3.8, 4) is 0 Å². The summed E-state index contributed by atoms with van der Waals surface area (Å²) in [4.78, 5) is 0. The highest BCUT2D eigenvalue weighted by atomic mass is 14.9. The molecular formula is C16H25N. The molecule has 0 amide bonds. The number of rotatable bonds is 6. The number of hydrogen-bond acceptors (Lipinski definition) is 1. The van der Waals surface area contributed by atoms with Crippen LogP contribution in [0.25, 0.3) is 0 Å². The van der Waals surface area contributed by atoms with Gasteiger partial charge in [-0.05, 0) is 42.2 Å². The van der Waals surface area contributed by atoms with E-state index < -0.39 is 0 Å². The lowest BCUT2D eigenvalue weighted by molar-refractivity contribution is 0.387. The summed E-state index contributed by atoms with van der Waals surface area (Å²) in [6.07, 6.45) is 3.99. The summed E-state index contributed by atoms with van der Waals surface area (Å²) in [7, 11) is 0. The van der Waals surface area contributed by atoms with E-state index in [0.29, 0.717) is 12.0 Å². The molecule has 0 bridgehead atoms. The SMILES string of the molecule is CCC(NCc1ccccc1C1CC1)C(C)C. The highest BCUT2D eigenvalue weighted by Crippen LogP contribution is 2.41. The second kappa shape index (κ2) is 5.68. The first kappa shape index (κ1) is 12.6. The average Bonchev–Trinajstić information content (AvgIpc) is 3.14. The van der Waals surface area contributed by atoms with E-state index in [1.807, 2.05) is 0 Å². The minimum absolute atomic E-state index is 0.641. The van der Waals surface area contributed by atoms with Gasteiger partial charge in [-0.25, -0.2) is 0 Å². The summed E-state index contributed by atoms with van der Waals surface area (Å²) in [5, 5.41) is 3.71. The second-order valence-corrected chi connectivity index (χ2v) is 5.61. The van der Waals surface area contributed by atoms with Gasteiger partial charge in [0.15, 0.2) is 0 Å². The van der Waals surface area contributed by atoms with E-state index in [0.717, 1.165) is 12.5 Å². The van der Waals surface area contributed by atoms with E-state index >= 15 is 0 Å². The molecular weight excluding hydrogens is 206 g/mol. The maximum Gasteiger partial charge on any atom is 0.0211 e. The van der Waals surface area contributed by atoms with Crippen molar-refractivity contribution in [2.75, 3.05) is 0 Å². The van der Waals surface area contributed by atoms with Crippen molar-refractivity contribution < 1.29 is 0 Å². The average molecular weight is 231 g/mol. The lowest BCUT2D eigenvalue weighted by Gasteiger charge is -2.21. The Balaban J connectivity index is 1.98. The van der Waals surface area contributed by atoms with E-state index in [2.05, 4.69) is 50.4 Å². The molecule has 94 valence electrons. The van der Waals surface area contributed by atoms with Crippen LogP contribution in [-0.4, -0.2) is 6.04 Å². The maximum atomic E-state index is 3.71. The molecule has 0 saturated heterocycles. The molecule has 1 aliphatic rings. The molecule has 1 atom stereocenters. The van der Waals surface area contributed by atoms with Crippen molar-refractivity contribution in [2.45, 2.75) is 58.5 Å². The third-order valence-electron chi connectivity index (χ3n) is 3.87. The van der Waals surface area contributed by atoms with Gasteiger partial charge in [-0.15, -0.1) is 0 Å². The summed E-state index contributed by atoms with van der Waals surface area (Å²) >= 11 is 0. The summed E-state index contributed by atoms with van der Waals surface area (Å²) in [5.41, 5.74) is 3.09. The van der Waals surface area contributed by atoms with Gasteiger partial charge in [-0.2, -0.15) is 0 Å². The van der Waals surface area contributed by atoms with Gasteiger partial charge in [0.05, 0.1) is 0 Å². The van der Waals surface area contributed by atoms with E-state index in [-0.39, 0.29) is 0 Å².